The molecule has 1 amide bonds. The van der Waals surface area contributed by atoms with Gasteiger partial charge in [-0.3, -0.25) is 4.79 Å². The molecule has 132 valence electrons. The van der Waals surface area contributed by atoms with Crippen molar-refractivity contribution in [2.45, 2.75) is 58.6 Å². The number of ether oxygens (including phenoxy) is 1. The minimum atomic E-state index is 0.0244. The molecule has 1 aromatic heterocycles. The first-order valence-corrected chi connectivity index (χ1v) is 8.98. The summed E-state index contributed by atoms with van der Waals surface area (Å²) in [7, 11) is 0. The Bertz CT molecular complexity index is 712. The summed E-state index contributed by atoms with van der Waals surface area (Å²) in [5, 5.41) is 3.17. The van der Waals surface area contributed by atoms with Gasteiger partial charge in [0.25, 0.3) is 5.91 Å². The first-order chi connectivity index (χ1) is 12.0. The third-order valence-corrected chi connectivity index (χ3v) is 4.66. The molecule has 0 unspecified atom stereocenters. The molecule has 0 atom stereocenters. The average Bonchev–Trinajstić information content (AvgIpc) is 2.58. The summed E-state index contributed by atoms with van der Waals surface area (Å²) in [5.41, 5.74) is 4.12. The number of pyridine rings is 1. The minimum Gasteiger partial charge on any atom is -0.474 e. The maximum atomic E-state index is 12.5. The molecule has 25 heavy (non-hydrogen) atoms. The van der Waals surface area contributed by atoms with Crippen LogP contribution in [-0.4, -0.2) is 23.0 Å². The van der Waals surface area contributed by atoms with Gasteiger partial charge < -0.3 is 10.1 Å². The number of aryl methyl sites for hydroxylation is 3. The van der Waals surface area contributed by atoms with Crippen LogP contribution in [0.2, 0.25) is 0 Å². The van der Waals surface area contributed by atoms with Crippen molar-refractivity contribution in [3.8, 4) is 5.88 Å². The van der Waals surface area contributed by atoms with Crippen LogP contribution >= 0.6 is 0 Å². The van der Waals surface area contributed by atoms with E-state index in [0.717, 1.165) is 47.9 Å². The Hall–Kier alpha value is -2.36. The van der Waals surface area contributed by atoms with E-state index in [1.807, 2.05) is 51.2 Å². The highest BCUT2D eigenvalue weighted by Gasteiger charge is 2.24. The molecule has 4 nitrogen and oxygen atoms in total. The van der Waals surface area contributed by atoms with E-state index in [1.165, 1.54) is 0 Å². The minimum absolute atomic E-state index is 0.0244. The van der Waals surface area contributed by atoms with E-state index < -0.39 is 0 Å². The van der Waals surface area contributed by atoms with Crippen LogP contribution in [0.1, 0.15) is 52.7 Å². The van der Waals surface area contributed by atoms with Crippen molar-refractivity contribution in [2.75, 3.05) is 0 Å². The Balaban J connectivity index is 1.50. The first-order valence-electron chi connectivity index (χ1n) is 8.98. The van der Waals surface area contributed by atoms with E-state index in [1.54, 1.807) is 0 Å². The summed E-state index contributed by atoms with van der Waals surface area (Å²) >= 11 is 0. The van der Waals surface area contributed by atoms with E-state index in [2.05, 4.69) is 16.4 Å². The Kier molecular flexibility index (Phi) is 5.37. The van der Waals surface area contributed by atoms with Crippen LogP contribution < -0.4 is 10.1 Å². The van der Waals surface area contributed by atoms with Crippen LogP contribution in [-0.2, 0) is 0 Å². The fraction of sp³-hybridized carbons (Fsp3) is 0.429. The third-order valence-electron chi connectivity index (χ3n) is 4.66. The van der Waals surface area contributed by atoms with Gasteiger partial charge in [-0.05, 0) is 64.2 Å². The smallest absolute Gasteiger partial charge is 0.251 e. The highest BCUT2D eigenvalue weighted by molar-refractivity contribution is 5.94. The van der Waals surface area contributed by atoms with Gasteiger partial charge in [-0.25, -0.2) is 4.98 Å². The quantitative estimate of drug-likeness (QED) is 0.912. The lowest BCUT2D eigenvalue weighted by molar-refractivity contribution is 0.0890. The Morgan fingerprint density at radius 2 is 1.68 bits per heavy atom. The summed E-state index contributed by atoms with van der Waals surface area (Å²) in [5.74, 6) is 0.713. The molecular formula is C21H26N2O2. The van der Waals surface area contributed by atoms with E-state index >= 15 is 0 Å². The first kappa shape index (κ1) is 17.5. The maximum absolute atomic E-state index is 12.5. The average molecular weight is 338 g/mol. The molecule has 1 saturated carbocycles. The van der Waals surface area contributed by atoms with Crippen LogP contribution in [0.5, 0.6) is 5.88 Å². The normalized spacial score (nSPS) is 20.1. The molecule has 4 heteroatoms. The second-order valence-corrected chi connectivity index (χ2v) is 7.12. The number of carbonyl (C=O) groups excluding carboxylic acids is 1. The molecule has 1 N–H and O–H groups in total. The highest BCUT2D eigenvalue weighted by Crippen LogP contribution is 2.23. The van der Waals surface area contributed by atoms with Gasteiger partial charge in [0.15, 0.2) is 0 Å². The van der Waals surface area contributed by atoms with Gasteiger partial charge in [0.05, 0.1) is 0 Å². The zero-order chi connectivity index (χ0) is 17.8. The lowest BCUT2D eigenvalue weighted by Gasteiger charge is -2.29. The van der Waals surface area contributed by atoms with Gasteiger partial charge in [-0.2, -0.15) is 0 Å². The monoisotopic (exact) mass is 338 g/mol. The zero-order valence-electron chi connectivity index (χ0n) is 15.2. The highest BCUT2D eigenvalue weighted by atomic mass is 16.5. The van der Waals surface area contributed by atoms with Crippen molar-refractivity contribution in [1.82, 2.24) is 10.3 Å². The molecule has 1 aliphatic carbocycles. The van der Waals surface area contributed by atoms with Crippen LogP contribution in [0.15, 0.2) is 36.5 Å². The van der Waals surface area contributed by atoms with Crippen LogP contribution in [0, 0.1) is 20.8 Å². The number of hydrogen-bond donors (Lipinski definition) is 1. The van der Waals surface area contributed by atoms with Gasteiger partial charge >= 0.3 is 0 Å². The van der Waals surface area contributed by atoms with Crippen molar-refractivity contribution in [3.63, 3.8) is 0 Å². The number of nitrogens with zero attached hydrogens (tertiary/aromatic N) is 1. The van der Waals surface area contributed by atoms with E-state index in [-0.39, 0.29) is 18.1 Å². The second-order valence-electron chi connectivity index (χ2n) is 7.12. The van der Waals surface area contributed by atoms with Crippen LogP contribution in [0.4, 0.5) is 0 Å². The van der Waals surface area contributed by atoms with Crippen molar-refractivity contribution in [3.05, 3.63) is 58.8 Å². The number of benzene rings is 1. The summed E-state index contributed by atoms with van der Waals surface area (Å²) in [6.45, 7) is 6.05. The zero-order valence-corrected chi connectivity index (χ0v) is 15.2. The van der Waals surface area contributed by atoms with Crippen LogP contribution in [0.25, 0.3) is 0 Å². The van der Waals surface area contributed by atoms with Gasteiger partial charge in [-0.15, -0.1) is 0 Å². The van der Waals surface area contributed by atoms with Crippen molar-refractivity contribution in [2.24, 2.45) is 0 Å². The Morgan fingerprint density at radius 3 is 2.28 bits per heavy atom. The topological polar surface area (TPSA) is 51.2 Å². The Labute approximate surface area is 149 Å². The SMILES string of the molecule is Cc1ccc(OC2CCC(NC(=O)c3cc(C)cc(C)c3)CC2)nc1. The lowest BCUT2D eigenvalue weighted by atomic mass is 9.92. The largest absolute Gasteiger partial charge is 0.474 e. The molecule has 0 bridgehead atoms. The molecule has 0 saturated heterocycles. The molecule has 0 spiro atoms. The van der Waals surface area contributed by atoms with Gasteiger partial charge in [0.2, 0.25) is 5.88 Å². The molecule has 0 radical (unpaired) electrons. The van der Waals surface area contributed by atoms with Crippen molar-refractivity contribution >= 4 is 5.91 Å². The summed E-state index contributed by atoms with van der Waals surface area (Å²) in [4.78, 5) is 16.8. The van der Waals surface area contributed by atoms with E-state index in [9.17, 15) is 4.79 Å². The van der Waals surface area contributed by atoms with Crippen molar-refractivity contribution in [1.29, 1.82) is 0 Å². The Morgan fingerprint density at radius 1 is 1.00 bits per heavy atom. The molecule has 1 fully saturated rings. The van der Waals surface area contributed by atoms with Gasteiger partial charge in [0.1, 0.15) is 6.10 Å². The van der Waals surface area contributed by atoms with Crippen LogP contribution in [0.3, 0.4) is 0 Å². The summed E-state index contributed by atoms with van der Waals surface area (Å²) < 4.78 is 5.96. The molecule has 3 rings (SSSR count). The third kappa shape index (κ3) is 4.81. The number of amides is 1. The molecule has 2 aromatic rings. The fourth-order valence-electron chi connectivity index (χ4n) is 3.39. The molecule has 1 aliphatic rings. The molecule has 1 aromatic carbocycles. The van der Waals surface area contributed by atoms with Crippen molar-refractivity contribution < 1.29 is 9.53 Å². The van der Waals surface area contributed by atoms with E-state index in [4.69, 9.17) is 4.74 Å². The number of aromatic nitrogens is 1. The number of hydrogen-bond acceptors (Lipinski definition) is 3. The maximum Gasteiger partial charge on any atom is 0.251 e. The molecule has 0 aliphatic heterocycles. The summed E-state index contributed by atoms with van der Waals surface area (Å²) in [6, 6.07) is 10.1. The lowest BCUT2D eigenvalue weighted by Crippen LogP contribution is -2.39. The second kappa shape index (κ2) is 7.68. The summed E-state index contributed by atoms with van der Waals surface area (Å²) in [6.07, 6.45) is 5.76. The standard InChI is InChI=1S/C21H26N2O2/c1-14-4-9-20(22-13-14)25-19-7-5-18(6-8-19)23-21(24)17-11-15(2)10-16(3)12-17/h4,9-13,18-19H,5-8H2,1-3H3,(H,23,24). The van der Waals surface area contributed by atoms with E-state index in [0.29, 0.717) is 5.88 Å². The number of rotatable bonds is 4. The molecular weight excluding hydrogens is 312 g/mol. The predicted octanol–water partition coefficient (Wildman–Crippen LogP) is 4.13. The van der Waals surface area contributed by atoms with Gasteiger partial charge in [0, 0.05) is 23.9 Å². The number of nitrogens with one attached hydrogen (secondary N) is 1. The predicted molar refractivity (Wildman–Crippen MR) is 99.0 cm³/mol. The fourth-order valence-corrected chi connectivity index (χ4v) is 3.39. The number of carbonyl (C=O) groups is 1. The van der Waals surface area contributed by atoms with Gasteiger partial charge in [-0.1, -0.05) is 23.3 Å². The molecule has 1 heterocycles.